The van der Waals surface area contributed by atoms with Crippen LogP contribution >= 0.6 is 0 Å². The molecular formula is C24H39NaO3. The van der Waals surface area contributed by atoms with E-state index >= 15 is 0 Å². The Morgan fingerprint density at radius 3 is 2.29 bits per heavy atom. The summed E-state index contributed by atoms with van der Waals surface area (Å²) in [5.41, 5.74) is 1.56. The van der Waals surface area contributed by atoms with Crippen LogP contribution in [0.3, 0.4) is 0 Å². The molecule has 3 nitrogen and oxygen atoms in total. The number of phenols is 1. The molecule has 0 aromatic heterocycles. The maximum atomic E-state index is 11.5. The number of carboxylic acid groups (broad SMARTS) is 1. The predicted octanol–water partition coefficient (Wildman–Crippen LogP) is 2.77. The first-order valence-electron chi connectivity index (χ1n) is 10.8. The largest absolute Gasteiger partial charge is 1.00 e. The number of carboxylic acids is 1. The molecule has 1 aromatic rings. The Morgan fingerprint density at radius 1 is 1.07 bits per heavy atom. The fraction of sp³-hybridized carbons (Fsp3) is 0.708. The minimum absolute atomic E-state index is 0. The van der Waals surface area contributed by atoms with Crippen LogP contribution in [0.5, 0.6) is 5.75 Å². The van der Waals surface area contributed by atoms with Crippen LogP contribution in [-0.2, 0) is 11.8 Å². The zero-order chi connectivity index (χ0) is 20.4. The number of benzene rings is 1. The molecule has 0 fully saturated rings. The van der Waals surface area contributed by atoms with E-state index in [1.807, 2.05) is 6.07 Å². The summed E-state index contributed by atoms with van der Waals surface area (Å²) in [4.78, 5) is 11.5. The molecule has 0 heterocycles. The Labute approximate surface area is 194 Å². The molecule has 28 heavy (non-hydrogen) atoms. The van der Waals surface area contributed by atoms with Gasteiger partial charge in [-0.2, -0.15) is 0 Å². The van der Waals surface area contributed by atoms with E-state index in [1.165, 1.54) is 25.7 Å². The van der Waals surface area contributed by atoms with Gasteiger partial charge in [0.25, 0.3) is 0 Å². The van der Waals surface area contributed by atoms with Crippen LogP contribution in [0, 0.1) is 5.92 Å². The van der Waals surface area contributed by atoms with Gasteiger partial charge < -0.3 is 15.0 Å². The van der Waals surface area contributed by atoms with Gasteiger partial charge in [0.1, 0.15) is 5.75 Å². The molecule has 0 aliphatic rings. The maximum Gasteiger partial charge on any atom is 1.00 e. The minimum atomic E-state index is -1.29. The van der Waals surface area contributed by atoms with Gasteiger partial charge in [0.2, 0.25) is 0 Å². The normalized spacial score (nSPS) is 11.5. The molecular weight excluding hydrogens is 359 g/mol. The number of aromatic hydroxyl groups is 1. The van der Waals surface area contributed by atoms with Crippen molar-refractivity contribution in [3.63, 3.8) is 0 Å². The van der Waals surface area contributed by atoms with Crippen molar-refractivity contribution in [3.05, 3.63) is 28.8 Å². The summed E-state index contributed by atoms with van der Waals surface area (Å²) in [6.07, 6.45) is 10.9. The van der Waals surface area contributed by atoms with Crippen molar-refractivity contribution in [1.82, 2.24) is 0 Å². The van der Waals surface area contributed by atoms with E-state index < -0.39 is 5.97 Å². The molecule has 1 aromatic carbocycles. The Morgan fingerprint density at radius 2 is 1.71 bits per heavy atom. The molecule has 0 amide bonds. The summed E-state index contributed by atoms with van der Waals surface area (Å²) in [5, 5.41) is 21.9. The van der Waals surface area contributed by atoms with E-state index in [0.29, 0.717) is 6.42 Å². The zero-order valence-electron chi connectivity index (χ0n) is 19.1. The standard InChI is InChI=1S/C24H40O3.Na/c1-6-7-12-15-24(4,5)20-16-19(22(25)21(17-20)23(26)27)14-11-9-8-10-13-18(2)3;/h16-18,25H,6-15H2,1-5H3,(H,26,27);/q;+1/p-1. The predicted molar refractivity (Wildman–Crippen MR) is 111 cm³/mol. The van der Waals surface area contributed by atoms with E-state index in [1.54, 1.807) is 6.07 Å². The summed E-state index contributed by atoms with van der Waals surface area (Å²) in [5.74, 6) is -0.659. The van der Waals surface area contributed by atoms with E-state index in [4.69, 9.17) is 0 Å². The third-order valence-corrected chi connectivity index (χ3v) is 5.57. The van der Waals surface area contributed by atoms with E-state index in [9.17, 15) is 15.0 Å². The Balaban J connectivity index is 0.00000729. The molecule has 0 radical (unpaired) electrons. The molecule has 4 heteroatoms. The summed E-state index contributed by atoms with van der Waals surface area (Å²) < 4.78 is 0. The Kier molecular flexibility index (Phi) is 13.4. The quantitative estimate of drug-likeness (QED) is 0.411. The van der Waals surface area contributed by atoms with E-state index in [2.05, 4.69) is 34.6 Å². The van der Waals surface area contributed by atoms with Crippen LogP contribution in [0.1, 0.15) is 114 Å². The van der Waals surface area contributed by atoms with E-state index in [-0.39, 0.29) is 46.3 Å². The van der Waals surface area contributed by atoms with Crippen molar-refractivity contribution >= 4 is 5.97 Å². The summed E-state index contributed by atoms with van der Waals surface area (Å²) in [6.45, 7) is 11.0. The second-order valence-electron chi connectivity index (χ2n) is 9.01. The number of hydrogen-bond donors (Lipinski definition) is 1. The molecule has 0 aliphatic carbocycles. The molecule has 154 valence electrons. The molecule has 0 aliphatic heterocycles. The number of carbonyl (C=O) groups excluding carboxylic acids is 1. The van der Waals surface area contributed by atoms with Crippen molar-refractivity contribution in [2.45, 2.75) is 104 Å². The van der Waals surface area contributed by atoms with Crippen LogP contribution < -0.4 is 34.7 Å². The van der Waals surface area contributed by atoms with Gasteiger partial charge in [0.05, 0.1) is 5.97 Å². The van der Waals surface area contributed by atoms with Gasteiger partial charge in [0, 0.05) is 5.56 Å². The van der Waals surface area contributed by atoms with Crippen molar-refractivity contribution in [3.8, 4) is 5.75 Å². The molecule has 0 unspecified atom stereocenters. The number of carbonyl (C=O) groups is 1. The number of aryl methyl sites for hydroxylation is 1. The molecule has 0 saturated heterocycles. The van der Waals surface area contributed by atoms with Gasteiger partial charge in [-0.1, -0.05) is 85.6 Å². The number of rotatable bonds is 13. The van der Waals surface area contributed by atoms with Gasteiger partial charge in [-0.3, -0.25) is 0 Å². The second kappa shape index (κ2) is 13.7. The van der Waals surface area contributed by atoms with Crippen LogP contribution in [0.2, 0.25) is 0 Å². The molecule has 0 saturated carbocycles. The summed E-state index contributed by atoms with van der Waals surface area (Å²) in [7, 11) is 0. The first-order valence-corrected chi connectivity index (χ1v) is 10.8. The third kappa shape index (κ3) is 9.33. The van der Waals surface area contributed by atoms with Gasteiger partial charge in [0.15, 0.2) is 0 Å². The Bertz CT molecular complexity index is 594. The van der Waals surface area contributed by atoms with Crippen molar-refractivity contribution in [2.75, 3.05) is 0 Å². The van der Waals surface area contributed by atoms with Crippen molar-refractivity contribution in [2.24, 2.45) is 5.92 Å². The smallest absolute Gasteiger partial charge is 0.545 e. The van der Waals surface area contributed by atoms with Gasteiger partial charge in [-0.05, 0) is 47.8 Å². The third-order valence-electron chi connectivity index (χ3n) is 5.57. The van der Waals surface area contributed by atoms with E-state index in [0.717, 1.165) is 49.1 Å². The van der Waals surface area contributed by atoms with Crippen LogP contribution in [-0.4, -0.2) is 11.1 Å². The molecule has 1 rings (SSSR count). The number of hydrogen-bond acceptors (Lipinski definition) is 3. The first kappa shape index (κ1) is 27.5. The maximum absolute atomic E-state index is 11.5. The van der Waals surface area contributed by atoms with Gasteiger partial charge >= 0.3 is 29.6 Å². The average molecular weight is 399 g/mol. The topological polar surface area (TPSA) is 60.4 Å². The zero-order valence-corrected chi connectivity index (χ0v) is 21.1. The molecule has 0 bridgehead atoms. The molecule has 1 N–H and O–H groups in total. The minimum Gasteiger partial charge on any atom is -0.545 e. The summed E-state index contributed by atoms with van der Waals surface area (Å²) in [6, 6.07) is 3.63. The summed E-state index contributed by atoms with van der Waals surface area (Å²) >= 11 is 0. The van der Waals surface area contributed by atoms with Crippen LogP contribution in [0.25, 0.3) is 0 Å². The fourth-order valence-corrected chi connectivity index (χ4v) is 3.61. The fourth-order valence-electron chi connectivity index (χ4n) is 3.61. The SMILES string of the molecule is CCCCCC(C)(C)c1cc(CCCCCCC(C)C)c(O)c(C(=O)[O-])c1.[Na+]. The van der Waals surface area contributed by atoms with Crippen LogP contribution in [0.4, 0.5) is 0 Å². The molecule has 0 atom stereocenters. The van der Waals surface area contributed by atoms with Crippen molar-refractivity contribution < 1.29 is 44.6 Å². The van der Waals surface area contributed by atoms with Gasteiger partial charge in [-0.25, -0.2) is 0 Å². The Hall–Kier alpha value is -0.510. The monoisotopic (exact) mass is 398 g/mol. The van der Waals surface area contributed by atoms with Gasteiger partial charge in [-0.15, -0.1) is 0 Å². The number of aromatic carboxylic acids is 1. The second-order valence-corrected chi connectivity index (χ2v) is 9.01. The number of unbranched alkanes of at least 4 members (excludes halogenated alkanes) is 5. The van der Waals surface area contributed by atoms with Crippen LogP contribution in [0.15, 0.2) is 12.1 Å². The average Bonchev–Trinajstić information content (AvgIpc) is 2.58. The molecule has 0 spiro atoms. The van der Waals surface area contributed by atoms with Crippen molar-refractivity contribution in [1.29, 1.82) is 0 Å². The first-order chi connectivity index (χ1) is 12.7.